The van der Waals surface area contributed by atoms with E-state index in [4.69, 9.17) is 9.47 Å². The molecule has 1 saturated heterocycles. The molecule has 0 spiro atoms. The van der Waals surface area contributed by atoms with Crippen LogP contribution in [0.2, 0.25) is 0 Å². The first-order valence-corrected chi connectivity index (χ1v) is 11.7. The first-order chi connectivity index (χ1) is 16.2. The van der Waals surface area contributed by atoms with Crippen LogP contribution in [0.3, 0.4) is 0 Å². The zero-order chi connectivity index (χ0) is 22.4. The van der Waals surface area contributed by atoms with E-state index < -0.39 is 0 Å². The van der Waals surface area contributed by atoms with Crippen LogP contribution in [0.15, 0.2) is 41.3 Å². The fourth-order valence-electron chi connectivity index (χ4n) is 5.47. The molecule has 5 heterocycles. The summed E-state index contributed by atoms with van der Waals surface area (Å²) in [5, 5.41) is 4.46. The van der Waals surface area contributed by atoms with Gasteiger partial charge in [0.25, 0.3) is 5.56 Å². The largest absolute Gasteiger partial charge is 0.486 e. The molecule has 3 aliphatic heterocycles. The number of nitrogens with zero attached hydrogens (tertiary/aromatic N) is 3. The van der Waals surface area contributed by atoms with Crippen LogP contribution in [0.4, 0.5) is 4.39 Å². The third-order valence-corrected chi connectivity index (χ3v) is 7.02. The molecule has 7 nitrogen and oxygen atoms in total. The Hall–Kier alpha value is -2.39. The summed E-state index contributed by atoms with van der Waals surface area (Å²) in [6.07, 6.45) is 2.83. The van der Waals surface area contributed by atoms with Gasteiger partial charge in [-0.15, -0.1) is 24.8 Å². The van der Waals surface area contributed by atoms with Gasteiger partial charge in [0.15, 0.2) is 11.5 Å². The van der Waals surface area contributed by atoms with Gasteiger partial charge >= 0.3 is 0 Å². The first-order valence-electron chi connectivity index (χ1n) is 11.7. The van der Waals surface area contributed by atoms with E-state index in [2.05, 4.69) is 15.2 Å². The molecule has 1 fully saturated rings. The lowest BCUT2D eigenvalue weighted by atomic mass is 9.98. The van der Waals surface area contributed by atoms with Crippen molar-refractivity contribution in [2.45, 2.75) is 25.4 Å². The van der Waals surface area contributed by atoms with E-state index in [-0.39, 0.29) is 42.1 Å². The molecule has 3 aromatic rings. The Labute approximate surface area is 215 Å². The summed E-state index contributed by atoms with van der Waals surface area (Å²) in [7, 11) is 0. The Bertz CT molecular complexity index is 1270. The van der Waals surface area contributed by atoms with Gasteiger partial charge in [-0.25, -0.2) is 4.39 Å². The Morgan fingerprint density at radius 1 is 1.09 bits per heavy atom. The number of ether oxygens (including phenoxy) is 2. The van der Waals surface area contributed by atoms with E-state index in [0.29, 0.717) is 43.5 Å². The standard InChI is InChI=1S/C25H27FN4O3.2ClH/c26-20-3-1-17-2-4-23(31)30-15-18(24(20)25(17)30)14-29-6-5-16(13-29)10-27-11-19-9-21-22(12-28-19)33-8-7-32-21;;/h1-4,9,12,16,18,27H,5-8,10-11,13-15H2;2*1H. The molecule has 35 heavy (non-hydrogen) atoms. The van der Waals surface area contributed by atoms with Gasteiger partial charge in [0.05, 0.1) is 17.4 Å². The maximum Gasteiger partial charge on any atom is 0.251 e. The van der Waals surface area contributed by atoms with Crippen molar-refractivity contribution in [3.05, 3.63) is 64.0 Å². The van der Waals surface area contributed by atoms with Crippen molar-refractivity contribution in [3.63, 3.8) is 0 Å². The van der Waals surface area contributed by atoms with Gasteiger partial charge in [-0.2, -0.15) is 0 Å². The number of benzene rings is 1. The molecule has 0 saturated carbocycles. The first kappa shape index (κ1) is 25.7. The number of likely N-dealkylation sites (tertiary alicyclic amines) is 1. The predicted molar refractivity (Wildman–Crippen MR) is 137 cm³/mol. The summed E-state index contributed by atoms with van der Waals surface area (Å²) in [6, 6.07) is 8.62. The molecular formula is C25H29Cl2FN4O3. The van der Waals surface area contributed by atoms with Crippen molar-refractivity contribution in [1.82, 2.24) is 19.8 Å². The predicted octanol–water partition coefficient (Wildman–Crippen LogP) is 3.36. The van der Waals surface area contributed by atoms with E-state index in [9.17, 15) is 9.18 Å². The zero-order valence-electron chi connectivity index (χ0n) is 19.2. The number of nitrogens with one attached hydrogen (secondary N) is 1. The van der Waals surface area contributed by atoms with Crippen LogP contribution < -0.4 is 20.3 Å². The lowest BCUT2D eigenvalue weighted by molar-refractivity contribution is 0.170. The van der Waals surface area contributed by atoms with Gasteiger partial charge < -0.3 is 24.3 Å². The van der Waals surface area contributed by atoms with E-state index in [1.54, 1.807) is 29.0 Å². The van der Waals surface area contributed by atoms with Crippen LogP contribution in [0, 0.1) is 11.7 Å². The highest BCUT2D eigenvalue weighted by atomic mass is 35.5. The Balaban J connectivity index is 0.00000144. The number of pyridine rings is 2. The maximum atomic E-state index is 14.8. The molecule has 2 atom stereocenters. The third-order valence-electron chi connectivity index (χ3n) is 7.02. The van der Waals surface area contributed by atoms with E-state index in [1.807, 2.05) is 6.07 Å². The number of fused-ring (bicyclic) bond motifs is 1. The number of rotatable bonds is 6. The van der Waals surface area contributed by atoms with Crippen molar-refractivity contribution in [1.29, 1.82) is 0 Å². The van der Waals surface area contributed by atoms with Crippen LogP contribution in [0.1, 0.15) is 23.6 Å². The lowest BCUT2D eigenvalue weighted by Gasteiger charge is -2.21. The minimum Gasteiger partial charge on any atom is -0.486 e. The van der Waals surface area contributed by atoms with E-state index >= 15 is 0 Å². The molecule has 0 aliphatic carbocycles. The van der Waals surface area contributed by atoms with E-state index in [1.165, 1.54) is 6.07 Å². The fourth-order valence-corrected chi connectivity index (χ4v) is 5.47. The van der Waals surface area contributed by atoms with Crippen LogP contribution in [-0.2, 0) is 13.1 Å². The molecule has 6 rings (SSSR count). The Morgan fingerprint density at radius 3 is 2.74 bits per heavy atom. The van der Waals surface area contributed by atoms with E-state index in [0.717, 1.165) is 54.9 Å². The average Bonchev–Trinajstić information content (AvgIpc) is 3.44. The van der Waals surface area contributed by atoms with Crippen molar-refractivity contribution < 1.29 is 13.9 Å². The zero-order valence-corrected chi connectivity index (χ0v) is 20.9. The summed E-state index contributed by atoms with van der Waals surface area (Å²) in [6.45, 7) is 6.02. The second kappa shape index (κ2) is 10.7. The average molecular weight is 523 g/mol. The molecule has 10 heteroatoms. The SMILES string of the molecule is Cl.Cl.O=c1ccc2ccc(F)c3c2n1CC3CN1CCC(CNCc2cc3c(cn2)OCCO3)C1. The molecule has 1 aromatic carbocycles. The molecule has 3 aliphatic rings. The van der Waals surface area contributed by atoms with Gasteiger partial charge in [0, 0.05) is 49.8 Å². The van der Waals surface area contributed by atoms with Crippen LogP contribution in [-0.4, -0.2) is 53.8 Å². The van der Waals surface area contributed by atoms with Gasteiger partial charge in [-0.05, 0) is 49.0 Å². The minimum absolute atomic E-state index is 0. The normalized spacial score (nSPS) is 20.5. The van der Waals surface area contributed by atoms with Gasteiger partial charge in [-0.3, -0.25) is 9.78 Å². The van der Waals surface area contributed by atoms with Crippen LogP contribution >= 0.6 is 24.8 Å². The monoisotopic (exact) mass is 522 g/mol. The van der Waals surface area contributed by atoms with Crippen molar-refractivity contribution in [2.75, 3.05) is 39.4 Å². The summed E-state index contributed by atoms with van der Waals surface area (Å²) in [5.74, 6) is 1.82. The van der Waals surface area contributed by atoms with Crippen molar-refractivity contribution in [3.8, 4) is 11.5 Å². The molecule has 2 aromatic heterocycles. The molecule has 188 valence electrons. The highest BCUT2D eigenvalue weighted by Gasteiger charge is 2.32. The molecule has 2 unspecified atom stereocenters. The van der Waals surface area contributed by atoms with Crippen LogP contribution in [0.25, 0.3) is 10.9 Å². The quantitative estimate of drug-likeness (QED) is 0.535. The van der Waals surface area contributed by atoms with Gasteiger partial charge in [0.2, 0.25) is 0 Å². The number of hydrogen-bond acceptors (Lipinski definition) is 6. The summed E-state index contributed by atoms with van der Waals surface area (Å²) in [5.41, 5.74) is 2.37. The summed E-state index contributed by atoms with van der Waals surface area (Å²) >= 11 is 0. The molecule has 0 bridgehead atoms. The third kappa shape index (κ3) is 4.98. The van der Waals surface area contributed by atoms with Gasteiger partial charge in [-0.1, -0.05) is 0 Å². The fraction of sp³-hybridized carbons (Fsp3) is 0.440. The Kier molecular flexibility index (Phi) is 7.86. The lowest BCUT2D eigenvalue weighted by Crippen LogP contribution is -2.30. The number of aromatic nitrogens is 2. The topological polar surface area (TPSA) is 68.6 Å². The second-order valence-electron chi connectivity index (χ2n) is 9.24. The smallest absolute Gasteiger partial charge is 0.251 e. The van der Waals surface area contributed by atoms with Crippen LogP contribution in [0.5, 0.6) is 11.5 Å². The summed E-state index contributed by atoms with van der Waals surface area (Å²) in [4.78, 5) is 19.2. The van der Waals surface area contributed by atoms with Crippen molar-refractivity contribution >= 4 is 35.7 Å². The molecule has 1 N–H and O–H groups in total. The van der Waals surface area contributed by atoms with Gasteiger partial charge in [0.1, 0.15) is 19.0 Å². The number of hydrogen-bond donors (Lipinski definition) is 1. The van der Waals surface area contributed by atoms with Crippen molar-refractivity contribution in [2.24, 2.45) is 5.92 Å². The number of halogens is 3. The second-order valence-corrected chi connectivity index (χ2v) is 9.24. The highest BCUT2D eigenvalue weighted by Crippen LogP contribution is 2.36. The Morgan fingerprint density at radius 2 is 1.89 bits per heavy atom. The maximum absolute atomic E-state index is 14.8. The molecular weight excluding hydrogens is 494 g/mol. The minimum atomic E-state index is -0.200. The molecule has 0 amide bonds. The highest BCUT2D eigenvalue weighted by molar-refractivity contribution is 5.86. The molecule has 0 radical (unpaired) electrons. The summed E-state index contributed by atoms with van der Waals surface area (Å²) < 4.78 is 27.7.